The number of anilines is 1. The molecule has 0 saturated carbocycles. The minimum absolute atomic E-state index is 0.381. The molecule has 19 heavy (non-hydrogen) atoms. The van der Waals surface area contributed by atoms with Crippen molar-refractivity contribution < 1.29 is 8.42 Å². The number of sulfonamides is 1. The Balaban J connectivity index is 2.10. The molecule has 0 N–H and O–H groups in total. The largest absolute Gasteiger partial charge is 0.267 e. The number of hydrogen-bond acceptors (Lipinski definition) is 5. The topological polar surface area (TPSA) is 68.1 Å². The van der Waals surface area contributed by atoms with Gasteiger partial charge in [0.1, 0.15) is 11.2 Å². The Morgan fingerprint density at radius 3 is 2.79 bits per heavy atom. The molecule has 2 aromatic rings. The Morgan fingerprint density at radius 2 is 2.11 bits per heavy atom. The number of rotatable bonds is 2. The molecule has 3 heterocycles. The summed E-state index contributed by atoms with van der Waals surface area (Å²) in [6.07, 6.45) is 2.15. The smallest absolute Gasteiger partial charge is 0.234 e. The van der Waals surface area contributed by atoms with Crippen LogP contribution >= 0.6 is 11.3 Å². The quantitative estimate of drug-likeness (QED) is 0.843. The van der Waals surface area contributed by atoms with Gasteiger partial charge in [-0.2, -0.15) is 10.1 Å². The number of aryl methyl sites for hydroxylation is 3. The monoisotopic (exact) mass is 298 g/mol. The molecule has 3 rings (SSSR count). The van der Waals surface area contributed by atoms with E-state index in [1.807, 2.05) is 13.8 Å². The van der Waals surface area contributed by atoms with Gasteiger partial charge in [-0.15, -0.1) is 11.3 Å². The molecule has 0 radical (unpaired) electrons. The van der Waals surface area contributed by atoms with Crippen LogP contribution in [0.2, 0.25) is 0 Å². The van der Waals surface area contributed by atoms with Crippen LogP contribution in [0.4, 0.5) is 5.95 Å². The zero-order chi connectivity index (χ0) is 13.6. The fourth-order valence-corrected chi connectivity index (χ4v) is 5.27. The highest BCUT2D eigenvalue weighted by atomic mass is 32.2. The summed E-state index contributed by atoms with van der Waals surface area (Å²) in [5, 5.41) is 4.04. The fraction of sp³-hybridized carbons (Fsp3) is 0.455. The maximum Gasteiger partial charge on any atom is 0.267 e. The summed E-state index contributed by atoms with van der Waals surface area (Å²) in [5.74, 6) is 0.412. The molecular weight excluding hydrogens is 284 g/mol. The van der Waals surface area contributed by atoms with Crippen molar-refractivity contribution in [1.29, 1.82) is 0 Å². The Hall–Kier alpha value is -1.41. The summed E-state index contributed by atoms with van der Waals surface area (Å²) in [6.45, 7) is 4.91. The van der Waals surface area contributed by atoms with Crippen molar-refractivity contribution in [2.45, 2.75) is 31.7 Å². The predicted octanol–water partition coefficient (Wildman–Crippen LogP) is 1.56. The minimum atomic E-state index is -3.53. The van der Waals surface area contributed by atoms with Crippen molar-refractivity contribution in [1.82, 2.24) is 14.8 Å². The van der Waals surface area contributed by atoms with Crippen LogP contribution in [0.15, 0.2) is 17.3 Å². The third-order valence-electron chi connectivity index (χ3n) is 3.11. The average molecular weight is 298 g/mol. The summed E-state index contributed by atoms with van der Waals surface area (Å²) in [4.78, 5) is 6.26. The van der Waals surface area contributed by atoms with Crippen LogP contribution in [0.3, 0.4) is 0 Å². The maximum absolute atomic E-state index is 12.7. The van der Waals surface area contributed by atoms with Crippen LogP contribution in [0.25, 0.3) is 0 Å². The maximum atomic E-state index is 12.7. The van der Waals surface area contributed by atoms with Crippen LogP contribution < -0.4 is 4.31 Å². The van der Waals surface area contributed by atoms with E-state index in [1.54, 1.807) is 10.7 Å². The van der Waals surface area contributed by atoms with E-state index in [0.29, 0.717) is 23.9 Å². The molecule has 0 saturated heterocycles. The molecule has 102 valence electrons. The second kappa shape index (κ2) is 4.31. The van der Waals surface area contributed by atoms with Crippen LogP contribution in [-0.4, -0.2) is 29.7 Å². The average Bonchev–Trinajstić information content (AvgIpc) is 2.94. The molecule has 0 aromatic carbocycles. The molecule has 1 aliphatic rings. The molecule has 0 aliphatic carbocycles. The lowest BCUT2D eigenvalue weighted by Crippen LogP contribution is -2.38. The van der Waals surface area contributed by atoms with E-state index in [2.05, 4.69) is 10.1 Å². The third kappa shape index (κ3) is 1.95. The number of nitrogens with zero attached hydrogens (tertiary/aromatic N) is 4. The summed E-state index contributed by atoms with van der Waals surface area (Å²) in [5.41, 5.74) is 0. The van der Waals surface area contributed by atoms with E-state index >= 15 is 0 Å². The van der Waals surface area contributed by atoms with E-state index in [1.165, 1.54) is 22.0 Å². The van der Waals surface area contributed by atoms with Crippen LogP contribution in [0, 0.1) is 13.8 Å². The van der Waals surface area contributed by atoms with E-state index in [4.69, 9.17) is 0 Å². The number of thiophene rings is 1. The van der Waals surface area contributed by atoms with Gasteiger partial charge in [0.15, 0.2) is 0 Å². The first-order valence-electron chi connectivity index (χ1n) is 5.98. The van der Waals surface area contributed by atoms with Gasteiger partial charge in [-0.05, 0) is 26.3 Å². The molecule has 0 atom stereocenters. The summed E-state index contributed by atoms with van der Waals surface area (Å²) in [7, 11) is -3.53. The van der Waals surface area contributed by atoms with Gasteiger partial charge < -0.3 is 0 Å². The van der Waals surface area contributed by atoms with Crippen molar-refractivity contribution >= 4 is 27.3 Å². The normalized spacial score (nSPS) is 15.6. The highest BCUT2D eigenvalue weighted by Crippen LogP contribution is 2.31. The van der Waals surface area contributed by atoms with Crippen molar-refractivity contribution in [3.8, 4) is 0 Å². The highest BCUT2D eigenvalue weighted by Gasteiger charge is 2.32. The van der Waals surface area contributed by atoms with E-state index < -0.39 is 10.0 Å². The van der Waals surface area contributed by atoms with E-state index in [-0.39, 0.29) is 0 Å². The molecule has 0 spiro atoms. The first kappa shape index (κ1) is 12.6. The Labute approximate surface area is 115 Å². The standard InChI is InChI=1S/C11H14N4O2S2/c1-8-6-10(9(2)18-8)19(16,17)15-5-3-4-14-11(15)12-7-13-14/h6-7H,3-5H2,1-2H3. The van der Waals surface area contributed by atoms with Gasteiger partial charge in [0.25, 0.3) is 10.0 Å². The SMILES string of the molecule is Cc1cc(S(=O)(=O)N2CCCn3ncnc32)c(C)s1. The molecule has 0 bridgehead atoms. The molecule has 2 aromatic heterocycles. The molecule has 0 fully saturated rings. The lowest BCUT2D eigenvalue weighted by Gasteiger charge is -2.27. The lowest BCUT2D eigenvalue weighted by atomic mass is 10.4. The van der Waals surface area contributed by atoms with Gasteiger partial charge in [-0.25, -0.2) is 17.4 Å². The van der Waals surface area contributed by atoms with Gasteiger partial charge in [-0.1, -0.05) is 0 Å². The van der Waals surface area contributed by atoms with Crippen molar-refractivity contribution in [2.24, 2.45) is 0 Å². The minimum Gasteiger partial charge on any atom is -0.234 e. The van der Waals surface area contributed by atoms with Crippen LogP contribution in [-0.2, 0) is 16.6 Å². The fourth-order valence-electron chi connectivity index (χ4n) is 2.28. The zero-order valence-electron chi connectivity index (χ0n) is 10.7. The molecule has 8 heteroatoms. The van der Waals surface area contributed by atoms with Crippen molar-refractivity contribution in [3.63, 3.8) is 0 Å². The van der Waals surface area contributed by atoms with Gasteiger partial charge >= 0.3 is 0 Å². The Morgan fingerprint density at radius 1 is 1.32 bits per heavy atom. The Kier molecular flexibility index (Phi) is 2.86. The first-order valence-corrected chi connectivity index (χ1v) is 8.23. The number of hydrogen-bond donors (Lipinski definition) is 0. The number of aromatic nitrogens is 3. The molecule has 0 unspecified atom stereocenters. The number of fused-ring (bicyclic) bond motifs is 1. The van der Waals surface area contributed by atoms with Gasteiger partial charge in [-0.3, -0.25) is 0 Å². The summed E-state index contributed by atoms with van der Waals surface area (Å²) < 4.78 is 28.5. The zero-order valence-corrected chi connectivity index (χ0v) is 12.3. The second-order valence-electron chi connectivity index (χ2n) is 4.49. The summed E-state index contributed by atoms with van der Waals surface area (Å²) >= 11 is 1.49. The van der Waals surface area contributed by atoms with E-state index in [9.17, 15) is 8.42 Å². The first-order chi connectivity index (χ1) is 9.00. The second-order valence-corrected chi connectivity index (χ2v) is 7.78. The van der Waals surface area contributed by atoms with Crippen molar-refractivity contribution in [3.05, 3.63) is 22.1 Å². The van der Waals surface area contributed by atoms with Gasteiger partial charge in [0.2, 0.25) is 5.95 Å². The summed E-state index contributed by atoms with van der Waals surface area (Å²) in [6, 6.07) is 1.73. The predicted molar refractivity (Wildman–Crippen MR) is 73.0 cm³/mol. The van der Waals surface area contributed by atoms with Gasteiger partial charge in [0.05, 0.1) is 0 Å². The van der Waals surface area contributed by atoms with E-state index in [0.717, 1.165) is 16.2 Å². The van der Waals surface area contributed by atoms with Crippen LogP contribution in [0.5, 0.6) is 0 Å². The molecule has 0 amide bonds. The highest BCUT2D eigenvalue weighted by molar-refractivity contribution is 7.93. The van der Waals surface area contributed by atoms with Crippen molar-refractivity contribution in [2.75, 3.05) is 10.8 Å². The van der Waals surface area contributed by atoms with Crippen LogP contribution in [0.1, 0.15) is 16.2 Å². The molecule has 1 aliphatic heterocycles. The Bertz CT molecular complexity index is 717. The molecular formula is C11H14N4O2S2. The molecule has 6 nitrogen and oxygen atoms in total. The van der Waals surface area contributed by atoms with Gasteiger partial charge in [0, 0.05) is 22.8 Å². The third-order valence-corrected chi connectivity index (χ3v) is 6.11. The lowest BCUT2D eigenvalue weighted by molar-refractivity contribution is 0.529.